The summed E-state index contributed by atoms with van der Waals surface area (Å²) in [5, 5.41) is 2.53. The third-order valence-corrected chi connectivity index (χ3v) is 3.65. The van der Waals surface area contributed by atoms with Gasteiger partial charge in [-0.2, -0.15) is 26.3 Å². The van der Waals surface area contributed by atoms with Crippen molar-refractivity contribution in [3.8, 4) is 0 Å². The number of aryl methyl sites for hydroxylation is 1. The van der Waals surface area contributed by atoms with Gasteiger partial charge in [-0.15, -0.1) is 0 Å². The molecule has 2 aromatic carbocycles. The van der Waals surface area contributed by atoms with Crippen molar-refractivity contribution in [3.63, 3.8) is 0 Å². The third kappa shape index (κ3) is 3.76. The van der Waals surface area contributed by atoms with Crippen molar-refractivity contribution in [2.24, 2.45) is 0 Å². The number of nitrogens with one attached hydrogen (secondary N) is 2. The molecular weight excluding hydrogens is 362 g/mol. The number of halogens is 6. The van der Waals surface area contributed by atoms with Crippen LogP contribution >= 0.6 is 0 Å². The highest BCUT2D eigenvalue weighted by Gasteiger charge is 2.72. The van der Waals surface area contributed by atoms with E-state index >= 15 is 0 Å². The molecule has 0 fully saturated rings. The van der Waals surface area contributed by atoms with Gasteiger partial charge >= 0.3 is 18.0 Å². The summed E-state index contributed by atoms with van der Waals surface area (Å²) in [5.74, 6) is -1.50. The van der Waals surface area contributed by atoms with Gasteiger partial charge in [-0.05, 0) is 30.7 Å². The van der Waals surface area contributed by atoms with Crippen LogP contribution in [0.4, 0.5) is 32.0 Å². The Morgan fingerprint density at radius 3 is 1.81 bits per heavy atom. The summed E-state index contributed by atoms with van der Waals surface area (Å²) in [7, 11) is 0. The fourth-order valence-corrected chi connectivity index (χ4v) is 2.28. The molecule has 0 aliphatic carbocycles. The Hall–Kier alpha value is -2.71. The molecule has 2 rings (SSSR count). The van der Waals surface area contributed by atoms with Gasteiger partial charge in [-0.25, -0.2) is 0 Å². The van der Waals surface area contributed by atoms with Gasteiger partial charge < -0.3 is 10.6 Å². The molecule has 26 heavy (non-hydrogen) atoms. The first-order chi connectivity index (χ1) is 12.0. The molecule has 0 aromatic heterocycles. The number of carbonyl (C=O) groups is 1. The molecule has 0 aliphatic rings. The van der Waals surface area contributed by atoms with Gasteiger partial charge in [0.2, 0.25) is 0 Å². The predicted octanol–water partition coefficient (Wildman–Crippen LogP) is 4.66. The van der Waals surface area contributed by atoms with Gasteiger partial charge in [0.15, 0.2) is 0 Å². The van der Waals surface area contributed by atoms with Crippen LogP contribution in [0.25, 0.3) is 0 Å². The number of hydrogen-bond acceptors (Lipinski definition) is 2. The maximum absolute atomic E-state index is 13.5. The number of alkyl halides is 6. The molecule has 140 valence electrons. The van der Waals surface area contributed by atoms with Gasteiger partial charge in [-0.1, -0.05) is 36.4 Å². The van der Waals surface area contributed by atoms with E-state index in [4.69, 9.17) is 0 Å². The number of para-hydroxylation sites is 1. The summed E-state index contributed by atoms with van der Waals surface area (Å²) in [4.78, 5) is 12.2. The summed E-state index contributed by atoms with van der Waals surface area (Å²) in [6.07, 6.45) is -11.7. The molecule has 0 spiro atoms. The number of hydrogen-bond donors (Lipinski definition) is 2. The van der Waals surface area contributed by atoms with Crippen molar-refractivity contribution in [1.29, 1.82) is 0 Å². The highest BCUT2D eigenvalue weighted by atomic mass is 19.4. The van der Waals surface area contributed by atoms with Crippen molar-refractivity contribution >= 4 is 11.6 Å². The fraction of sp³-hybridized carbons (Fsp3) is 0.235. The van der Waals surface area contributed by atoms with Gasteiger partial charge in [0.1, 0.15) is 0 Å². The molecule has 0 bridgehead atoms. The molecule has 0 saturated heterocycles. The van der Waals surface area contributed by atoms with E-state index in [1.807, 2.05) is 0 Å². The minimum atomic E-state index is -5.86. The number of anilines is 1. The van der Waals surface area contributed by atoms with E-state index in [1.165, 1.54) is 48.6 Å². The Morgan fingerprint density at radius 2 is 1.31 bits per heavy atom. The Morgan fingerprint density at radius 1 is 0.808 bits per heavy atom. The highest BCUT2D eigenvalue weighted by molar-refractivity contribution is 5.96. The first-order valence-corrected chi connectivity index (χ1v) is 7.33. The Bertz CT molecular complexity index is 757. The highest BCUT2D eigenvalue weighted by Crippen LogP contribution is 2.43. The Balaban J connectivity index is 2.52. The van der Waals surface area contributed by atoms with Gasteiger partial charge in [0.25, 0.3) is 5.91 Å². The molecule has 0 aliphatic heterocycles. The van der Waals surface area contributed by atoms with E-state index in [-0.39, 0.29) is 11.1 Å². The van der Waals surface area contributed by atoms with Crippen LogP contribution in [0, 0.1) is 6.92 Å². The predicted molar refractivity (Wildman–Crippen MR) is 83.6 cm³/mol. The van der Waals surface area contributed by atoms with Gasteiger partial charge in [0.05, 0.1) is 0 Å². The van der Waals surface area contributed by atoms with Crippen LogP contribution in [0.3, 0.4) is 0 Å². The van der Waals surface area contributed by atoms with Crippen molar-refractivity contribution in [1.82, 2.24) is 5.32 Å². The lowest BCUT2D eigenvalue weighted by atomic mass is 10.0. The van der Waals surface area contributed by atoms with Crippen molar-refractivity contribution in [2.45, 2.75) is 24.9 Å². The summed E-state index contributed by atoms with van der Waals surface area (Å²) >= 11 is 0. The SMILES string of the molecule is Cc1ccccc1C(=O)NC(Nc1ccccc1)(C(F)(F)F)C(F)(F)F. The lowest BCUT2D eigenvalue weighted by Gasteiger charge is -2.39. The summed E-state index contributed by atoms with van der Waals surface area (Å²) in [6, 6.07) is 11.4. The van der Waals surface area contributed by atoms with Crippen LogP contribution < -0.4 is 10.6 Å². The topological polar surface area (TPSA) is 41.1 Å². The molecule has 1 amide bonds. The molecule has 0 heterocycles. The number of amides is 1. The normalized spacial score (nSPS) is 12.6. The first kappa shape index (κ1) is 19.6. The summed E-state index contributed by atoms with van der Waals surface area (Å²) < 4.78 is 81.2. The minimum absolute atomic E-state index is 0.239. The average Bonchev–Trinajstić information content (AvgIpc) is 2.53. The van der Waals surface area contributed by atoms with Crippen LogP contribution in [0.15, 0.2) is 54.6 Å². The van der Waals surface area contributed by atoms with Gasteiger partial charge in [0, 0.05) is 11.3 Å². The molecule has 2 aromatic rings. The lowest BCUT2D eigenvalue weighted by molar-refractivity contribution is -0.294. The van der Waals surface area contributed by atoms with Crippen LogP contribution in [0.1, 0.15) is 15.9 Å². The molecule has 0 atom stereocenters. The van der Waals surface area contributed by atoms with E-state index in [0.717, 1.165) is 23.5 Å². The molecule has 2 N–H and O–H groups in total. The van der Waals surface area contributed by atoms with Crippen molar-refractivity contribution in [3.05, 3.63) is 65.7 Å². The zero-order chi connectivity index (χ0) is 19.6. The van der Waals surface area contributed by atoms with Crippen LogP contribution in [0.5, 0.6) is 0 Å². The zero-order valence-corrected chi connectivity index (χ0v) is 13.4. The molecule has 0 saturated carbocycles. The molecule has 9 heteroatoms. The largest absolute Gasteiger partial charge is 0.439 e. The Labute approximate surface area is 145 Å². The monoisotopic (exact) mass is 376 g/mol. The molecule has 0 unspecified atom stereocenters. The Kier molecular flexibility index (Phi) is 5.20. The number of rotatable bonds is 4. The van der Waals surface area contributed by atoms with E-state index in [1.54, 1.807) is 0 Å². The first-order valence-electron chi connectivity index (χ1n) is 7.33. The minimum Gasteiger partial charge on any atom is -0.348 e. The summed E-state index contributed by atoms with van der Waals surface area (Å²) in [6.45, 7) is 1.41. The number of benzene rings is 2. The second kappa shape index (κ2) is 6.89. The number of carbonyl (C=O) groups excluding carboxylic acids is 1. The average molecular weight is 376 g/mol. The van der Waals surface area contributed by atoms with Crippen LogP contribution in [-0.4, -0.2) is 23.9 Å². The maximum atomic E-state index is 13.5. The van der Waals surface area contributed by atoms with E-state index in [0.29, 0.717) is 0 Å². The second-order valence-electron chi connectivity index (χ2n) is 5.51. The fourth-order valence-electron chi connectivity index (χ4n) is 2.28. The summed E-state index contributed by atoms with van der Waals surface area (Å²) in [5.41, 5.74) is -5.16. The smallest absolute Gasteiger partial charge is 0.348 e. The van der Waals surface area contributed by atoms with Crippen molar-refractivity contribution in [2.75, 3.05) is 5.32 Å². The lowest BCUT2D eigenvalue weighted by Crippen LogP contribution is -2.72. The second-order valence-corrected chi connectivity index (χ2v) is 5.51. The van der Waals surface area contributed by atoms with E-state index < -0.39 is 29.6 Å². The van der Waals surface area contributed by atoms with E-state index in [9.17, 15) is 31.1 Å². The maximum Gasteiger partial charge on any atom is 0.439 e. The van der Waals surface area contributed by atoms with Crippen LogP contribution in [0.2, 0.25) is 0 Å². The van der Waals surface area contributed by atoms with Crippen molar-refractivity contribution < 1.29 is 31.1 Å². The molecular formula is C17H14F6N2O. The van der Waals surface area contributed by atoms with E-state index in [2.05, 4.69) is 0 Å². The standard InChI is InChI=1S/C17H14F6N2O/c1-11-7-5-6-10-13(11)14(26)25-15(16(18,19)20,17(21,22)23)24-12-8-3-2-4-9-12/h2-10,24H,1H3,(H,25,26). The third-order valence-electron chi connectivity index (χ3n) is 3.65. The zero-order valence-electron chi connectivity index (χ0n) is 13.4. The van der Waals surface area contributed by atoms with Crippen LogP contribution in [-0.2, 0) is 0 Å². The molecule has 0 radical (unpaired) electrons. The van der Waals surface area contributed by atoms with Gasteiger partial charge in [-0.3, -0.25) is 4.79 Å². The molecule has 3 nitrogen and oxygen atoms in total. The quantitative estimate of drug-likeness (QED) is 0.602.